The molecule has 0 aliphatic heterocycles. The van der Waals surface area contributed by atoms with Crippen LogP contribution in [0.1, 0.15) is 0 Å². The van der Waals surface area contributed by atoms with Gasteiger partial charge in [-0.05, 0) is 70.8 Å². The first-order chi connectivity index (χ1) is 18.8. The van der Waals surface area contributed by atoms with Gasteiger partial charge in [0.05, 0.1) is 21.3 Å². The lowest BCUT2D eigenvalue weighted by molar-refractivity contribution is 1.18. The molecular weight excluding hydrogens is 480 g/mol. The van der Waals surface area contributed by atoms with E-state index < -0.39 is 0 Å². The van der Waals surface area contributed by atoms with Gasteiger partial charge in [0.2, 0.25) is 0 Å². The van der Waals surface area contributed by atoms with Crippen LogP contribution in [-0.4, -0.2) is 9.55 Å². The molecular formula is C35H22N2S. The summed E-state index contributed by atoms with van der Waals surface area (Å²) in [6.45, 7) is 0. The fourth-order valence-corrected chi connectivity index (χ4v) is 6.81. The third-order valence-corrected chi connectivity index (χ3v) is 8.58. The zero-order valence-corrected chi connectivity index (χ0v) is 21.3. The highest BCUT2D eigenvalue weighted by Gasteiger charge is 2.14. The van der Waals surface area contributed by atoms with Gasteiger partial charge in [-0.1, -0.05) is 78.9 Å². The molecule has 8 rings (SSSR count). The fraction of sp³-hybridized carbons (Fsp3) is 0. The molecule has 0 unspecified atom stereocenters. The average molecular weight is 503 g/mol. The molecule has 5 aromatic carbocycles. The van der Waals surface area contributed by atoms with Gasteiger partial charge in [-0.25, -0.2) is 0 Å². The van der Waals surface area contributed by atoms with E-state index in [1.807, 2.05) is 12.3 Å². The largest absolute Gasteiger partial charge is 0.309 e. The summed E-state index contributed by atoms with van der Waals surface area (Å²) >= 11 is 1.80. The Kier molecular flexibility index (Phi) is 4.73. The summed E-state index contributed by atoms with van der Waals surface area (Å²) in [5.41, 5.74) is 9.56. The van der Waals surface area contributed by atoms with E-state index in [4.69, 9.17) is 0 Å². The standard InChI is InChI=1S/C35H22N2S/c1-2-12-27(24-18-19-33-30(22-24)35-34(38-33)17-8-20-36-35)26(11-1)23-9-7-10-25(21-23)37-31-15-5-3-13-28(31)29-14-4-6-16-32(29)37/h1-22H. The molecule has 0 radical (unpaired) electrons. The lowest BCUT2D eigenvalue weighted by atomic mass is 9.94. The molecule has 0 saturated carbocycles. The minimum Gasteiger partial charge on any atom is -0.309 e. The van der Waals surface area contributed by atoms with Gasteiger partial charge < -0.3 is 4.57 Å². The highest BCUT2D eigenvalue weighted by atomic mass is 32.1. The fourth-order valence-electron chi connectivity index (χ4n) is 5.77. The molecule has 0 fully saturated rings. The Hall–Kier alpha value is -4.73. The van der Waals surface area contributed by atoms with E-state index in [9.17, 15) is 0 Å². The van der Waals surface area contributed by atoms with E-state index in [0.29, 0.717) is 0 Å². The van der Waals surface area contributed by atoms with E-state index >= 15 is 0 Å². The van der Waals surface area contributed by atoms with Crippen molar-refractivity contribution in [2.45, 2.75) is 0 Å². The van der Waals surface area contributed by atoms with Crippen molar-refractivity contribution < 1.29 is 0 Å². The minimum atomic E-state index is 1.08. The SMILES string of the molecule is c1cc(-c2ccccc2-c2ccc3sc4cccnc4c3c2)cc(-n2c3ccccc3c3ccccc32)c1. The molecule has 0 saturated heterocycles. The summed E-state index contributed by atoms with van der Waals surface area (Å²) in [6.07, 6.45) is 1.88. The monoisotopic (exact) mass is 502 g/mol. The van der Waals surface area contributed by atoms with Gasteiger partial charge in [0, 0.05) is 32.7 Å². The van der Waals surface area contributed by atoms with Crippen molar-refractivity contribution in [2.24, 2.45) is 0 Å². The first-order valence-electron chi connectivity index (χ1n) is 12.8. The molecule has 0 bridgehead atoms. The lowest BCUT2D eigenvalue weighted by Crippen LogP contribution is -1.94. The molecule has 178 valence electrons. The molecule has 3 aromatic heterocycles. The van der Waals surface area contributed by atoms with Gasteiger partial charge in [0.1, 0.15) is 0 Å². The number of aromatic nitrogens is 2. The molecule has 0 aliphatic rings. The average Bonchev–Trinajstić information content (AvgIpc) is 3.53. The maximum Gasteiger partial charge on any atom is 0.0888 e. The molecule has 3 heterocycles. The minimum absolute atomic E-state index is 1.08. The highest BCUT2D eigenvalue weighted by Crippen LogP contribution is 2.39. The number of para-hydroxylation sites is 2. The summed E-state index contributed by atoms with van der Waals surface area (Å²) in [7, 11) is 0. The Morgan fingerprint density at radius 2 is 1.18 bits per heavy atom. The molecule has 0 spiro atoms. The molecule has 0 N–H and O–H groups in total. The van der Waals surface area contributed by atoms with Gasteiger partial charge in [-0.3, -0.25) is 4.98 Å². The zero-order chi connectivity index (χ0) is 25.1. The molecule has 0 amide bonds. The predicted molar refractivity (Wildman–Crippen MR) is 162 cm³/mol. The first-order valence-corrected chi connectivity index (χ1v) is 13.6. The number of benzene rings is 5. The molecule has 38 heavy (non-hydrogen) atoms. The zero-order valence-electron chi connectivity index (χ0n) is 20.5. The predicted octanol–water partition coefficient (Wildman–Crippen LogP) is 9.88. The van der Waals surface area contributed by atoms with Crippen LogP contribution in [0, 0.1) is 0 Å². The Labute approximate surface area is 224 Å². The molecule has 3 heteroatoms. The molecule has 2 nitrogen and oxygen atoms in total. The summed E-state index contributed by atoms with van der Waals surface area (Å²) in [5, 5.41) is 3.77. The van der Waals surface area contributed by atoms with Crippen molar-refractivity contribution in [3.8, 4) is 27.9 Å². The van der Waals surface area contributed by atoms with Gasteiger partial charge >= 0.3 is 0 Å². The van der Waals surface area contributed by atoms with E-state index in [2.05, 4.69) is 131 Å². The molecule has 0 atom stereocenters. The first kappa shape index (κ1) is 21.4. The Morgan fingerprint density at radius 3 is 1.95 bits per heavy atom. The van der Waals surface area contributed by atoms with Crippen molar-refractivity contribution >= 4 is 53.4 Å². The number of hydrogen-bond donors (Lipinski definition) is 0. The number of thiophene rings is 1. The van der Waals surface area contributed by atoms with Crippen molar-refractivity contribution in [3.05, 3.63) is 134 Å². The highest BCUT2D eigenvalue weighted by molar-refractivity contribution is 7.25. The van der Waals surface area contributed by atoms with Crippen LogP contribution in [-0.2, 0) is 0 Å². The second-order valence-corrected chi connectivity index (χ2v) is 10.7. The molecule has 8 aromatic rings. The van der Waals surface area contributed by atoms with Gasteiger partial charge in [0.25, 0.3) is 0 Å². The van der Waals surface area contributed by atoms with E-state index in [1.165, 1.54) is 58.8 Å². The number of pyridine rings is 1. The van der Waals surface area contributed by atoms with Crippen LogP contribution >= 0.6 is 11.3 Å². The van der Waals surface area contributed by atoms with E-state index in [-0.39, 0.29) is 0 Å². The van der Waals surface area contributed by atoms with Crippen molar-refractivity contribution in [1.29, 1.82) is 0 Å². The smallest absolute Gasteiger partial charge is 0.0888 e. The van der Waals surface area contributed by atoms with E-state index in [1.54, 1.807) is 11.3 Å². The number of rotatable bonds is 3. The van der Waals surface area contributed by atoms with E-state index in [0.717, 1.165) is 11.2 Å². The van der Waals surface area contributed by atoms with Gasteiger partial charge in [-0.15, -0.1) is 11.3 Å². The topological polar surface area (TPSA) is 17.8 Å². The van der Waals surface area contributed by atoms with Crippen LogP contribution in [0.5, 0.6) is 0 Å². The summed E-state index contributed by atoms with van der Waals surface area (Å²) < 4.78 is 4.88. The van der Waals surface area contributed by atoms with Crippen molar-refractivity contribution in [3.63, 3.8) is 0 Å². The Morgan fingerprint density at radius 1 is 0.500 bits per heavy atom. The van der Waals surface area contributed by atoms with Gasteiger partial charge in [0.15, 0.2) is 0 Å². The summed E-state index contributed by atoms with van der Waals surface area (Å²) in [6, 6.07) is 45.9. The number of hydrogen-bond acceptors (Lipinski definition) is 2. The van der Waals surface area contributed by atoms with Crippen molar-refractivity contribution in [2.75, 3.05) is 0 Å². The number of nitrogens with zero attached hydrogens (tertiary/aromatic N) is 2. The Bertz CT molecular complexity index is 2090. The summed E-state index contributed by atoms with van der Waals surface area (Å²) in [5.74, 6) is 0. The van der Waals surface area contributed by atoms with Crippen LogP contribution in [0.15, 0.2) is 134 Å². The number of fused-ring (bicyclic) bond motifs is 6. The normalized spacial score (nSPS) is 11.7. The van der Waals surface area contributed by atoms with Crippen LogP contribution in [0.3, 0.4) is 0 Å². The lowest BCUT2D eigenvalue weighted by Gasteiger charge is -2.13. The summed E-state index contributed by atoms with van der Waals surface area (Å²) in [4.78, 5) is 4.68. The van der Waals surface area contributed by atoms with Crippen molar-refractivity contribution in [1.82, 2.24) is 9.55 Å². The van der Waals surface area contributed by atoms with Crippen LogP contribution in [0.4, 0.5) is 0 Å². The second kappa shape index (κ2) is 8.41. The maximum absolute atomic E-state index is 4.68. The molecule has 0 aliphatic carbocycles. The second-order valence-electron chi connectivity index (χ2n) is 9.63. The Balaban J connectivity index is 1.32. The third-order valence-electron chi connectivity index (χ3n) is 7.46. The third kappa shape index (κ3) is 3.22. The van der Waals surface area contributed by atoms with Gasteiger partial charge in [-0.2, -0.15) is 0 Å². The van der Waals surface area contributed by atoms with Crippen LogP contribution in [0.25, 0.3) is 70.0 Å². The quantitative estimate of drug-likeness (QED) is 0.235. The van der Waals surface area contributed by atoms with Crippen LogP contribution in [0.2, 0.25) is 0 Å². The maximum atomic E-state index is 4.68. The van der Waals surface area contributed by atoms with Crippen LogP contribution < -0.4 is 0 Å².